The van der Waals surface area contributed by atoms with Crippen LogP contribution in [0.15, 0.2) is 36.5 Å². The predicted molar refractivity (Wildman–Crippen MR) is 79.9 cm³/mol. The Labute approximate surface area is 121 Å². The van der Waals surface area contributed by atoms with Crippen molar-refractivity contribution >= 4 is 17.2 Å². The van der Waals surface area contributed by atoms with E-state index in [1.54, 1.807) is 37.4 Å². The monoisotopic (exact) mass is 288 g/mol. The van der Waals surface area contributed by atoms with Crippen LogP contribution in [0.1, 0.15) is 5.56 Å². The molecule has 21 heavy (non-hydrogen) atoms. The number of nitrogens with zero attached hydrogens (tertiary/aromatic N) is 2. The first kappa shape index (κ1) is 14.7. The minimum absolute atomic E-state index is 0.0664. The number of aryl methyl sites for hydroxylation is 1. The first-order chi connectivity index (χ1) is 10.1. The van der Waals surface area contributed by atoms with E-state index in [0.717, 1.165) is 5.56 Å². The zero-order valence-electron chi connectivity index (χ0n) is 11.6. The molecule has 3 N–H and O–H groups in total. The molecule has 0 fully saturated rings. The van der Waals surface area contributed by atoms with Crippen LogP contribution < -0.4 is 15.8 Å². The summed E-state index contributed by atoms with van der Waals surface area (Å²) in [5, 5.41) is 14.0. The summed E-state index contributed by atoms with van der Waals surface area (Å²) in [6.07, 6.45) is 1.57. The van der Waals surface area contributed by atoms with Gasteiger partial charge in [0.25, 0.3) is 0 Å². The normalized spacial score (nSPS) is 10.2. The summed E-state index contributed by atoms with van der Waals surface area (Å²) in [7, 11) is 0. The fraction of sp³-hybridized carbons (Fsp3) is 0.214. The van der Waals surface area contributed by atoms with E-state index in [1.807, 2.05) is 0 Å². The predicted octanol–water partition coefficient (Wildman–Crippen LogP) is 2.38. The number of hydrogen-bond acceptors (Lipinski definition) is 6. The van der Waals surface area contributed by atoms with Gasteiger partial charge in [0.05, 0.1) is 4.92 Å². The zero-order valence-corrected chi connectivity index (χ0v) is 11.6. The molecule has 7 nitrogen and oxygen atoms in total. The van der Waals surface area contributed by atoms with Crippen LogP contribution in [-0.2, 0) is 0 Å². The molecule has 0 aliphatic carbocycles. The maximum Gasteiger partial charge on any atom is 0.311 e. The molecule has 0 radical (unpaired) electrons. The third-order valence-electron chi connectivity index (χ3n) is 2.68. The second kappa shape index (κ2) is 6.67. The molecule has 0 aliphatic heterocycles. The van der Waals surface area contributed by atoms with Gasteiger partial charge in [-0.15, -0.1) is 0 Å². The number of hydrogen-bond donors (Lipinski definition) is 2. The van der Waals surface area contributed by atoms with E-state index >= 15 is 0 Å². The number of aromatic nitrogens is 1. The van der Waals surface area contributed by atoms with Gasteiger partial charge in [-0.25, -0.2) is 4.98 Å². The first-order valence-electron chi connectivity index (χ1n) is 6.41. The lowest BCUT2D eigenvalue weighted by Crippen LogP contribution is -2.10. The first-order valence-corrected chi connectivity index (χ1v) is 6.41. The van der Waals surface area contributed by atoms with Crippen LogP contribution in [0.5, 0.6) is 5.75 Å². The van der Waals surface area contributed by atoms with Gasteiger partial charge < -0.3 is 15.8 Å². The number of pyridine rings is 1. The van der Waals surface area contributed by atoms with Gasteiger partial charge in [0, 0.05) is 30.6 Å². The van der Waals surface area contributed by atoms with Crippen molar-refractivity contribution in [2.24, 2.45) is 5.73 Å². The molecule has 0 bridgehead atoms. The summed E-state index contributed by atoms with van der Waals surface area (Å²) < 4.78 is 5.41. The number of benzene rings is 1. The minimum atomic E-state index is -0.461. The maximum atomic E-state index is 11.1. The summed E-state index contributed by atoms with van der Waals surface area (Å²) in [6.45, 7) is 2.58. The Bertz CT molecular complexity index is 646. The highest BCUT2D eigenvalue weighted by Crippen LogP contribution is 2.27. The van der Waals surface area contributed by atoms with Crippen LogP contribution in [0.2, 0.25) is 0 Å². The average molecular weight is 288 g/mol. The van der Waals surface area contributed by atoms with Gasteiger partial charge in [-0.05, 0) is 24.6 Å². The summed E-state index contributed by atoms with van der Waals surface area (Å²) in [5.74, 6) is 0.835. The number of ether oxygens (including phenoxy) is 1. The standard InChI is InChI=1S/C14H16N4O3/c1-10-7-13(18(19)20)14(16-9-10)17-11-3-2-4-12(8-11)21-6-5-15/h2-4,7-9H,5-6,15H2,1H3,(H,16,17). The number of anilines is 2. The van der Waals surface area contributed by atoms with Crippen molar-refractivity contribution in [2.75, 3.05) is 18.5 Å². The maximum absolute atomic E-state index is 11.1. The molecule has 0 aliphatic rings. The number of nitrogens with two attached hydrogens (primary N) is 1. The molecule has 2 rings (SSSR count). The van der Waals surface area contributed by atoms with Crippen LogP contribution in [0.3, 0.4) is 0 Å². The average Bonchev–Trinajstić information content (AvgIpc) is 2.47. The van der Waals surface area contributed by atoms with E-state index in [-0.39, 0.29) is 11.5 Å². The topological polar surface area (TPSA) is 103 Å². The molecule has 1 aromatic carbocycles. The van der Waals surface area contributed by atoms with E-state index in [2.05, 4.69) is 10.3 Å². The molecular formula is C14H16N4O3. The van der Waals surface area contributed by atoms with E-state index in [9.17, 15) is 10.1 Å². The van der Waals surface area contributed by atoms with Gasteiger partial charge >= 0.3 is 5.69 Å². The fourth-order valence-corrected chi connectivity index (χ4v) is 1.77. The summed E-state index contributed by atoms with van der Waals surface area (Å²) >= 11 is 0. The molecular weight excluding hydrogens is 272 g/mol. The highest BCUT2D eigenvalue weighted by atomic mass is 16.6. The number of rotatable bonds is 6. The molecule has 0 spiro atoms. The van der Waals surface area contributed by atoms with E-state index in [4.69, 9.17) is 10.5 Å². The Morgan fingerprint density at radius 3 is 2.95 bits per heavy atom. The summed E-state index contributed by atoms with van der Waals surface area (Å²) in [6, 6.07) is 8.57. The zero-order chi connectivity index (χ0) is 15.2. The third-order valence-corrected chi connectivity index (χ3v) is 2.68. The smallest absolute Gasteiger partial charge is 0.311 e. The van der Waals surface area contributed by atoms with Gasteiger partial charge in [-0.3, -0.25) is 10.1 Å². The molecule has 1 heterocycles. The largest absolute Gasteiger partial charge is 0.492 e. The Balaban J connectivity index is 2.24. The Hall–Kier alpha value is -2.67. The quantitative estimate of drug-likeness (QED) is 0.624. The van der Waals surface area contributed by atoms with Gasteiger partial charge in [-0.2, -0.15) is 0 Å². The van der Waals surface area contributed by atoms with Crippen molar-refractivity contribution in [1.82, 2.24) is 4.98 Å². The molecule has 0 amide bonds. The van der Waals surface area contributed by atoms with Crippen LogP contribution in [0, 0.1) is 17.0 Å². The lowest BCUT2D eigenvalue weighted by Gasteiger charge is -2.09. The molecule has 1 aromatic heterocycles. The number of nitrogens with one attached hydrogen (secondary N) is 1. The minimum Gasteiger partial charge on any atom is -0.492 e. The molecule has 2 aromatic rings. The Kier molecular flexibility index (Phi) is 4.68. The van der Waals surface area contributed by atoms with Gasteiger partial charge in [0.15, 0.2) is 0 Å². The van der Waals surface area contributed by atoms with Gasteiger partial charge in [0.1, 0.15) is 12.4 Å². The molecule has 7 heteroatoms. The molecule has 0 saturated carbocycles. The lowest BCUT2D eigenvalue weighted by atomic mass is 10.2. The van der Waals surface area contributed by atoms with Crippen molar-refractivity contribution in [2.45, 2.75) is 6.92 Å². The lowest BCUT2D eigenvalue weighted by molar-refractivity contribution is -0.384. The van der Waals surface area contributed by atoms with Crippen molar-refractivity contribution in [3.8, 4) is 5.75 Å². The van der Waals surface area contributed by atoms with Crippen LogP contribution in [-0.4, -0.2) is 23.1 Å². The van der Waals surface area contributed by atoms with Gasteiger partial charge in [0.2, 0.25) is 5.82 Å². The molecule has 0 unspecified atom stereocenters. The van der Waals surface area contributed by atoms with Crippen molar-refractivity contribution in [3.63, 3.8) is 0 Å². The summed E-state index contributed by atoms with van der Waals surface area (Å²) in [5.41, 5.74) is 6.70. The van der Waals surface area contributed by atoms with E-state index < -0.39 is 4.92 Å². The van der Waals surface area contributed by atoms with Crippen LogP contribution in [0.4, 0.5) is 17.2 Å². The molecule has 0 atom stereocenters. The second-order valence-corrected chi connectivity index (χ2v) is 4.43. The Morgan fingerprint density at radius 1 is 1.43 bits per heavy atom. The van der Waals surface area contributed by atoms with Crippen molar-refractivity contribution < 1.29 is 9.66 Å². The van der Waals surface area contributed by atoms with Crippen LogP contribution in [0.25, 0.3) is 0 Å². The molecule has 0 saturated heterocycles. The fourth-order valence-electron chi connectivity index (χ4n) is 1.77. The second-order valence-electron chi connectivity index (χ2n) is 4.43. The summed E-state index contributed by atoms with van der Waals surface area (Å²) in [4.78, 5) is 14.7. The van der Waals surface area contributed by atoms with Crippen molar-refractivity contribution in [3.05, 3.63) is 52.2 Å². The SMILES string of the molecule is Cc1cnc(Nc2cccc(OCCN)c2)c([N+](=O)[O-])c1. The highest BCUT2D eigenvalue weighted by molar-refractivity contribution is 5.66. The van der Waals surface area contributed by atoms with Crippen LogP contribution >= 0.6 is 0 Å². The van der Waals surface area contributed by atoms with E-state index in [1.165, 1.54) is 6.07 Å². The number of nitro groups is 1. The highest BCUT2D eigenvalue weighted by Gasteiger charge is 2.15. The Morgan fingerprint density at radius 2 is 2.24 bits per heavy atom. The molecule has 110 valence electrons. The van der Waals surface area contributed by atoms with Crippen molar-refractivity contribution in [1.29, 1.82) is 0 Å². The third kappa shape index (κ3) is 3.90. The van der Waals surface area contributed by atoms with E-state index in [0.29, 0.717) is 24.6 Å². The van der Waals surface area contributed by atoms with Gasteiger partial charge in [-0.1, -0.05) is 6.07 Å².